The summed E-state index contributed by atoms with van der Waals surface area (Å²) in [6.07, 6.45) is 0. The first-order valence-electron chi connectivity index (χ1n) is 2.74. The molecule has 14 heavy (non-hydrogen) atoms. The van der Waals surface area contributed by atoms with Crippen LogP contribution < -0.4 is 17.2 Å². The Hall–Kier alpha value is -1.56. The van der Waals surface area contributed by atoms with Crippen LogP contribution in [0.2, 0.25) is 0 Å². The molecule has 10 N–H and O–H groups in total. The molecule has 11 heteroatoms. The molecule has 82 valence electrons. The summed E-state index contributed by atoms with van der Waals surface area (Å²) in [5.74, 6) is 0.125. The first kappa shape index (κ1) is 14.9. The molecule has 0 amide bonds. The fourth-order valence-corrected chi connectivity index (χ4v) is 0.427. The largest absolute Gasteiger partial charge is 0.412 e. The SMILES string of the molecule is Nc1nc(N)nc(N)n1.O.O=S(O)O. The topological polar surface area (TPSA) is 206 Å². The van der Waals surface area contributed by atoms with E-state index in [0.717, 1.165) is 0 Å². The predicted molar refractivity (Wildman–Crippen MR) is 50.1 cm³/mol. The first-order chi connectivity index (χ1) is 5.91. The fourth-order valence-electron chi connectivity index (χ4n) is 0.427. The highest BCUT2D eigenvalue weighted by atomic mass is 32.2. The van der Waals surface area contributed by atoms with Crippen molar-refractivity contribution in [2.24, 2.45) is 0 Å². The molecule has 0 spiro atoms. The second kappa shape index (κ2) is 6.90. The zero-order valence-corrected chi connectivity index (χ0v) is 7.60. The highest BCUT2D eigenvalue weighted by Crippen LogP contribution is 1.97. The first-order valence-corrected chi connectivity index (χ1v) is 3.80. The van der Waals surface area contributed by atoms with Crippen molar-refractivity contribution in [3.8, 4) is 0 Å². The molecule has 0 aliphatic heterocycles. The smallest absolute Gasteiger partial charge is 0.299 e. The Balaban J connectivity index is 0. The van der Waals surface area contributed by atoms with Crippen LogP contribution in [0.1, 0.15) is 0 Å². The van der Waals surface area contributed by atoms with Crippen LogP contribution in [0, 0.1) is 0 Å². The van der Waals surface area contributed by atoms with Crippen molar-refractivity contribution in [2.75, 3.05) is 17.2 Å². The standard InChI is InChI=1S/C3H6N6.H2O3S.H2O/c4-1-7-2(5)9-3(6)8-1;1-4(2)3;/h(H6,4,5,6,7,8,9);(H2,1,2,3);1H2. The summed E-state index contributed by atoms with van der Waals surface area (Å²) >= 11 is -2.61. The van der Waals surface area contributed by atoms with E-state index in [0.29, 0.717) is 0 Å². The van der Waals surface area contributed by atoms with Crippen molar-refractivity contribution in [3.05, 3.63) is 0 Å². The molecule has 1 heterocycles. The van der Waals surface area contributed by atoms with Gasteiger partial charge in [-0.1, -0.05) is 0 Å². The predicted octanol–water partition coefficient (Wildman–Crippen LogP) is -2.53. The van der Waals surface area contributed by atoms with E-state index in [1.54, 1.807) is 0 Å². The van der Waals surface area contributed by atoms with E-state index in [-0.39, 0.29) is 23.3 Å². The van der Waals surface area contributed by atoms with Gasteiger partial charge in [0.15, 0.2) is 0 Å². The van der Waals surface area contributed by atoms with Crippen LogP contribution in [0.25, 0.3) is 0 Å². The van der Waals surface area contributed by atoms with Gasteiger partial charge in [0, 0.05) is 0 Å². The van der Waals surface area contributed by atoms with Crippen LogP contribution in [0.3, 0.4) is 0 Å². The highest BCUT2D eigenvalue weighted by Gasteiger charge is 1.93. The number of nitrogens with zero attached hydrogens (tertiary/aromatic N) is 3. The summed E-state index contributed by atoms with van der Waals surface area (Å²) in [6, 6.07) is 0. The van der Waals surface area contributed by atoms with Crippen LogP contribution in [0.15, 0.2) is 0 Å². The van der Waals surface area contributed by atoms with Gasteiger partial charge in [0.05, 0.1) is 0 Å². The molecular formula is C3H10N6O4S. The van der Waals surface area contributed by atoms with Crippen LogP contribution in [-0.4, -0.2) is 33.7 Å². The lowest BCUT2D eigenvalue weighted by molar-refractivity contribution is 0.454. The third-order valence-corrected chi connectivity index (χ3v) is 0.687. The van der Waals surface area contributed by atoms with Crippen molar-refractivity contribution in [2.45, 2.75) is 0 Å². The second-order valence-corrected chi connectivity index (χ2v) is 2.10. The van der Waals surface area contributed by atoms with Crippen LogP contribution in [-0.2, 0) is 11.4 Å². The molecule has 1 rings (SSSR count). The summed E-state index contributed by atoms with van der Waals surface area (Å²) in [5.41, 5.74) is 15.4. The van der Waals surface area contributed by atoms with E-state index in [9.17, 15) is 0 Å². The lowest BCUT2D eigenvalue weighted by Crippen LogP contribution is -2.05. The quantitative estimate of drug-likeness (QED) is 0.295. The van der Waals surface area contributed by atoms with Gasteiger partial charge in [-0.15, -0.1) is 0 Å². The van der Waals surface area contributed by atoms with Crippen LogP contribution in [0.5, 0.6) is 0 Å². The molecule has 0 bridgehead atoms. The Kier molecular flexibility index (Phi) is 7.36. The van der Waals surface area contributed by atoms with Gasteiger partial charge >= 0.3 is 0 Å². The Labute approximate surface area is 81.0 Å². The monoisotopic (exact) mass is 226 g/mol. The molecule has 0 atom stereocenters. The Bertz CT molecular complexity index is 253. The fraction of sp³-hybridized carbons (Fsp3) is 0. The molecule has 0 radical (unpaired) electrons. The molecule has 0 saturated carbocycles. The van der Waals surface area contributed by atoms with E-state index in [4.69, 9.17) is 30.5 Å². The molecule has 1 aromatic heterocycles. The van der Waals surface area contributed by atoms with Crippen molar-refractivity contribution >= 4 is 29.2 Å². The molecule has 0 aliphatic rings. The van der Waals surface area contributed by atoms with Crippen LogP contribution in [0.4, 0.5) is 17.8 Å². The number of nitrogen functional groups attached to an aromatic ring is 3. The Morgan fingerprint density at radius 2 is 1.07 bits per heavy atom. The zero-order valence-electron chi connectivity index (χ0n) is 6.78. The van der Waals surface area contributed by atoms with Gasteiger partial charge in [0.1, 0.15) is 0 Å². The minimum absolute atomic E-state index is 0. The summed E-state index contributed by atoms with van der Waals surface area (Å²) < 4.78 is 22.8. The van der Waals surface area contributed by atoms with Crippen molar-refractivity contribution in [1.29, 1.82) is 0 Å². The van der Waals surface area contributed by atoms with E-state index in [1.165, 1.54) is 0 Å². The third-order valence-electron chi connectivity index (χ3n) is 0.687. The van der Waals surface area contributed by atoms with Crippen molar-refractivity contribution in [1.82, 2.24) is 15.0 Å². The average molecular weight is 226 g/mol. The van der Waals surface area contributed by atoms with Gasteiger partial charge in [-0.3, -0.25) is 9.11 Å². The van der Waals surface area contributed by atoms with Gasteiger partial charge in [0.2, 0.25) is 17.8 Å². The van der Waals surface area contributed by atoms with Crippen molar-refractivity contribution in [3.63, 3.8) is 0 Å². The molecule has 1 aromatic rings. The summed E-state index contributed by atoms with van der Waals surface area (Å²) in [4.78, 5) is 10.5. The minimum atomic E-state index is -2.61. The number of hydrogen-bond donors (Lipinski definition) is 5. The second-order valence-electron chi connectivity index (χ2n) is 1.64. The Morgan fingerprint density at radius 1 is 0.929 bits per heavy atom. The molecule has 0 saturated heterocycles. The van der Waals surface area contributed by atoms with Gasteiger partial charge in [0.25, 0.3) is 11.4 Å². The molecule has 0 aliphatic carbocycles. The molecule has 0 aromatic carbocycles. The number of rotatable bonds is 0. The maximum atomic E-state index is 8.67. The number of aromatic nitrogens is 3. The maximum absolute atomic E-state index is 8.67. The van der Waals surface area contributed by atoms with Gasteiger partial charge < -0.3 is 22.7 Å². The number of nitrogens with two attached hydrogens (primary N) is 3. The Morgan fingerprint density at radius 3 is 1.21 bits per heavy atom. The molecule has 0 unspecified atom stereocenters. The molecular weight excluding hydrogens is 216 g/mol. The van der Waals surface area contributed by atoms with E-state index in [1.807, 2.05) is 0 Å². The summed E-state index contributed by atoms with van der Waals surface area (Å²) in [6.45, 7) is 0. The van der Waals surface area contributed by atoms with E-state index < -0.39 is 11.4 Å². The van der Waals surface area contributed by atoms with E-state index in [2.05, 4.69) is 15.0 Å². The highest BCUT2D eigenvalue weighted by molar-refractivity contribution is 7.73. The average Bonchev–Trinajstić information content (AvgIpc) is 1.80. The maximum Gasteiger partial charge on any atom is 0.299 e. The normalized spacial score (nSPS) is 8.50. The van der Waals surface area contributed by atoms with Gasteiger partial charge in [-0.2, -0.15) is 19.2 Å². The lowest BCUT2D eigenvalue weighted by atomic mass is 10.9. The van der Waals surface area contributed by atoms with Crippen LogP contribution >= 0.6 is 0 Å². The third kappa shape index (κ3) is 8.54. The lowest BCUT2D eigenvalue weighted by Gasteiger charge is -1.93. The summed E-state index contributed by atoms with van der Waals surface area (Å²) in [7, 11) is 0. The number of anilines is 3. The van der Waals surface area contributed by atoms with E-state index >= 15 is 0 Å². The zero-order chi connectivity index (χ0) is 10.4. The molecule has 0 fully saturated rings. The van der Waals surface area contributed by atoms with Gasteiger partial charge in [-0.25, -0.2) is 0 Å². The van der Waals surface area contributed by atoms with Crippen molar-refractivity contribution < 1.29 is 18.8 Å². The number of hydrogen-bond acceptors (Lipinski definition) is 7. The van der Waals surface area contributed by atoms with Gasteiger partial charge in [-0.05, 0) is 0 Å². The summed E-state index contributed by atoms with van der Waals surface area (Å²) in [5, 5.41) is 0. The minimum Gasteiger partial charge on any atom is -0.412 e. The molecule has 10 nitrogen and oxygen atoms in total.